The van der Waals surface area contributed by atoms with Crippen LogP contribution in [0.5, 0.6) is 0 Å². The van der Waals surface area contributed by atoms with E-state index in [1.54, 1.807) is 31.0 Å². The molecular weight excluding hydrogens is 318 g/mol. The molecule has 2 fully saturated rings. The van der Waals surface area contributed by atoms with Crippen LogP contribution in [0.2, 0.25) is 0 Å². The molecule has 1 saturated carbocycles. The van der Waals surface area contributed by atoms with E-state index in [0.29, 0.717) is 5.56 Å². The standard InChI is InChI=1S/C19H25N3O3/c1-19(14-9-5-3-6-10-14)17(24)22(18(25)20-19)13-16(23)21(2)15-11-7-4-8-12-15/h3,5-6,9-10,15H,4,7-8,11-13H2,1-2H3,(H,20,25)/t19-/m0/s1. The molecule has 1 N–H and O–H groups in total. The number of nitrogens with zero attached hydrogens (tertiary/aromatic N) is 2. The molecule has 1 heterocycles. The lowest BCUT2D eigenvalue weighted by Crippen LogP contribution is -2.46. The highest BCUT2D eigenvalue weighted by molar-refractivity contribution is 6.09. The maximum absolute atomic E-state index is 12.8. The van der Waals surface area contributed by atoms with Crippen LogP contribution >= 0.6 is 0 Å². The molecular formula is C19H25N3O3. The number of likely N-dealkylation sites (N-methyl/N-ethyl adjacent to an activating group) is 1. The van der Waals surface area contributed by atoms with E-state index in [1.165, 1.54) is 6.42 Å². The number of benzene rings is 1. The highest BCUT2D eigenvalue weighted by atomic mass is 16.2. The first-order valence-corrected chi connectivity index (χ1v) is 8.89. The molecule has 1 aromatic rings. The topological polar surface area (TPSA) is 69.7 Å². The maximum atomic E-state index is 12.8. The summed E-state index contributed by atoms with van der Waals surface area (Å²) in [6.07, 6.45) is 5.43. The van der Waals surface area contributed by atoms with E-state index in [2.05, 4.69) is 5.32 Å². The molecule has 0 aromatic heterocycles. The molecule has 0 spiro atoms. The van der Waals surface area contributed by atoms with Gasteiger partial charge in [-0.1, -0.05) is 49.6 Å². The molecule has 4 amide bonds. The van der Waals surface area contributed by atoms with Crippen molar-refractivity contribution in [3.8, 4) is 0 Å². The van der Waals surface area contributed by atoms with Gasteiger partial charge >= 0.3 is 6.03 Å². The monoisotopic (exact) mass is 343 g/mol. The van der Waals surface area contributed by atoms with E-state index in [9.17, 15) is 14.4 Å². The molecule has 1 saturated heterocycles. The summed E-state index contributed by atoms with van der Waals surface area (Å²) in [5.41, 5.74) is -0.411. The van der Waals surface area contributed by atoms with Gasteiger partial charge in [-0.25, -0.2) is 4.79 Å². The summed E-state index contributed by atoms with van der Waals surface area (Å²) in [6, 6.07) is 8.81. The molecule has 0 unspecified atom stereocenters. The summed E-state index contributed by atoms with van der Waals surface area (Å²) < 4.78 is 0. The highest BCUT2D eigenvalue weighted by Crippen LogP contribution is 2.29. The summed E-state index contributed by atoms with van der Waals surface area (Å²) in [7, 11) is 1.77. The largest absolute Gasteiger partial charge is 0.341 e. The molecule has 6 nitrogen and oxygen atoms in total. The van der Waals surface area contributed by atoms with E-state index >= 15 is 0 Å². The van der Waals surface area contributed by atoms with E-state index in [0.717, 1.165) is 30.6 Å². The minimum absolute atomic E-state index is 0.187. The quantitative estimate of drug-likeness (QED) is 0.853. The van der Waals surface area contributed by atoms with Crippen LogP contribution < -0.4 is 5.32 Å². The molecule has 0 radical (unpaired) electrons. The van der Waals surface area contributed by atoms with Crippen LogP contribution in [0, 0.1) is 0 Å². The van der Waals surface area contributed by atoms with Crippen molar-refractivity contribution in [3.05, 3.63) is 35.9 Å². The molecule has 25 heavy (non-hydrogen) atoms. The molecule has 1 aliphatic heterocycles. The summed E-state index contributed by atoms with van der Waals surface area (Å²) in [5, 5.41) is 2.74. The van der Waals surface area contributed by atoms with E-state index < -0.39 is 11.6 Å². The first-order chi connectivity index (χ1) is 11.9. The Balaban J connectivity index is 1.71. The number of amides is 4. The average Bonchev–Trinajstić information content (AvgIpc) is 2.86. The van der Waals surface area contributed by atoms with Gasteiger partial charge < -0.3 is 10.2 Å². The zero-order chi connectivity index (χ0) is 18.0. The van der Waals surface area contributed by atoms with Crippen LogP contribution in [0.15, 0.2) is 30.3 Å². The highest BCUT2D eigenvalue weighted by Gasteiger charge is 2.49. The van der Waals surface area contributed by atoms with Gasteiger partial charge in [0.25, 0.3) is 5.91 Å². The van der Waals surface area contributed by atoms with Gasteiger partial charge in [-0.3, -0.25) is 14.5 Å². The van der Waals surface area contributed by atoms with Crippen LogP contribution in [-0.4, -0.2) is 47.3 Å². The Hall–Kier alpha value is -2.37. The lowest BCUT2D eigenvalue weighted by Gasteiger charge is -2.32. The van der Waals surface area contributed by atoms with Gasteiger partial charge in [-0.2, -0.15) is 0 Å². The van der Waals surface area contributed by atoms with E-state index in [1.807, 2.05) is 18.2 Å². The summed E-state index contributed by atoms with van der Waals surface area (Å²) in [5.74, 6) is -0.568. The summed E-state index contributed by atoms with van der Waals surface area (Å²) in [6.45, 7) is 1.47. The Morgan fingerprint density at radius 1 is 1.20 bits per heavy atom. The number of carbonyl (C=O) groups excluding carboxylic acids is 3. The van der Waals surface area contributed by atoms with E-state index in [-0.39, 0.29) is 24.4 Å². The third-order valence-corrected chi connectivity index (χ3v) is 5.44. The molecule has 2 aliphatic rings. The zero-order valence-corrected chi connectivity index (χ0v) is 14.8. The minimum atomic E-state index is -1.12. The Labute approximate surface area is 148 Å². The first-order valence-electron chi connectivity index (χ1n) is 8.89. The van der Waals surface area contributed by atoms with Gasteiger partial charge in [-0.15, -0.1) is 0 Å². The summed E-state index contributed by atoms with van der Waals surface area (Å²) >= 11 is 0. The third kappa shape index (κ3) is 3.25. The SMILES string of the molecule is CN(C(=O)CN1C(=O)N[C@@](C)(c2ccccc2)C1=O)C1CCCCC1. The average molecular weight is 343 g/mol. The van der Waals surface area contributed by atoms with Crippen LogP contribution in [-0.2, 0) is 15.1 Å². The number of imide groups is 1. The van der Waals surface area contributed by atoms with Gasteiger partial charge in [-0.05, 0) is 25.3 Å². The van der Waals surface area contributed by atoms with Crippen molar-refractivity contribution in [3.63, 3.8) is 0 Å². The molecule has 1 atom stereocenters. The molecule has 0 bridgehead atoms. The van der Waals surface area contributed by atoms with Crippen LogP contribution in [0.1, 0.15) is 44.6 Å². The normalized spacial score (nSPS) is 24.3. The fourth-order valence-electron chi connectivity index (χ4n) is 3.73. The van der Waals surface area contributed by atoms with Crippen LogP contribution in [0.4, 0.5) is 4.79 Å². The van der Waals surface area contributed by atoms with Crippen LogP contribution in [0.25, 0.3) is 0 Å². The second-order valence-corrected chi connectivity index (χ2v) is 7.11. The zero-order valence-electron chi connectivity index (χ0n) is 14.8. The van der Waals surface area contributed by atoms with Crippen molar-refractivity contribution < 1.29 is 14.4 Å². The van der Waals surface area contributed by atoms with Crippen molar-refractivity contribution in [2.45, 2.75) is 50.6 Å². The Morgan fingerprint density at radius 3 is 2.48 bits per heavy atom. The van der Waals surface area contributed by atoms with Crippen LogP contribution in [0.3, 0.4) is 0 Å². The Bertz CT molecular complexity index is 670. The first kappa shape index (κ1) is 17.5. The smallest absolute Gasteiger partial charge is 0.325 e. The minimum Gasteiger partial charge on any atom is -0.341 e. The third-order valence-electron chi connectivity index (χ3n) is 5.44. The predicted octanol–water partition coefficient (Wildman–Crippen LogP) is 2.24. The van der Waals surface area contributed by atoms with Gasteiger partial charge in [0.1, 0.15) is 12.1 Å². The second kappa shape index (κ2) is 6.86. The molecule has 134 valence electrons. The number of hydrogen-bond donors (Lipinski definition) is 1. The number of urea groups is 1. The van der Waals surface area contributed by atoms with Crippen molar-refractivity contribution in [2.24, 2.45) is 0 Å². The van der Waals surface area contributed by atoms with Gasteiger partial charge in [0, 0.05) is 13.1 Å². The molecule has 6 heteroatoms. The lowest BCUT2D eigenvalue weighted by molar-refractivity contribution is -0.139. The Kier molecular flexibility index (Phi) is 4.79. The number of hydrogen-bond acceptors (Lipinski definition) is 3. The number of carbonyl (C=O) groups is 3. The summed E-state index contributed by atoms with van der Waals surface area (Å²) in [4.78, 5) is 40.5. The van der Waals surface area contributed by atoms with Crippen molar-refractivity contribution in [2.75, 3.05) is 13.6 Å². The van der Waals surface area contributed by atoms with Gasteiger partial charge in [0.05, 0.1) is 0 Å². The fourth-order valence-corrected chi connectivity index (χ4v) is 3.73. The predicted molar refractivity (Wildman–Crippen MR) is 93.7 cm³/mol. The fraction of sp³-hybridized carbons (Fsp3) is 0.526. The van der Waals surface area contributed by atoms with Gasteiger partial charge in [0.15, 0.2) is 0 Å². The molecule has 3 rings (SSSR count). The Morgan fingerprint density at radius 2 is 1.84 bits per heavy atom. The number of nitrogens with one attached hydrogen (secondary N) is 1. The van der Waals surface area contributed by atoms with E-state index in [4.69, 9.17) is 0 Å². The van der Waals surface area contributed by atoms with Crippen molar-refractivity contribution in [1.82, 2.24) is 15.1 Å². The van der Waals surface area contributed by atoms with Gasteiger partial charge in [0.2, 0.25) is 5.91 Å². The maximum Gasteiger partial charge on any atom is 0.325 e. The van der Waals surface area contributed by atoms with Crippen molar-refractivity contribution >= 4 is 17.8 Å². The van der Waals surface area contributed by atoms with Crippen molar-refractivity contribution in [1.29, 1.82) is 0 Å². The lowest BCUT2D eigenvalue weighted by atomic mass is 9.92. The second-order valence-electron chi connectivity index (χ2n) is 7.11. The molecule has 1 aromatic carbocycles. The number of rotatable bonds is 4. The molecule has 1 aliphatic carbocycles.